The minimum Gasteiger partial charge on any atom is -0.493 e. The van der Waals surface area contributed by atoms with Gasteiger partial charge in [0, 0.05) is 19.3 Å². The van der Waals surface area contributed by atoms with Crippen molar-refractivity contribution in [3.63, 3.8) is 0 Å². The van der Waals surface area contributed by atoms with Crippen molar-refractivity contribution in [2.24, 2.45) is 7.05 Å². The second-order valence-corrected chi connectivity index (χ2v) is 2.74. The Labute approximate surface area is 80.6 Å². The van der Waals surface area contributed by atoms with Crippen LogP contribution in [0.15, 0.2) is 17.1 Å². The van der Waals surface area contributed by atoms with Crippen LogP contribution in [0.4, 0.5) is 0 Å². The van der Waals surface area contributed by atoms with Crippen molar-refractivity contribution >= 4 is 5.97 Å². The summed E-state index contributed by atoms with van der Waals surface area (Å²) in [4.78, 5) is 21.9. The van der Waals surface area contributed by atoms with Crippen molar-refractivity contribution in [2.45, 2.75) is 6.92 Å². The Hall–Kier alpha value is -1.78. The number of hydrogen-bond acceptors (Lipinski definition) is 3. The molecule has 76 valence electrons. The summed E-state index contributed by atoms with van der Waals surface area (Å²) in [6.07, 6.45) is 1.25. The number of carboxylic acids is 1. The number of ether oxygens (including phenoxy) is 1. The molecule has 0 aliphatic carbocycles. The molecule has 0 spiro atoms. The number of carboxylic acid groups (broad SMARTS) is 1. The lowest BCUT2D eigenvalue weighted by atomic mass is 10.2. The number of aryl methyl sites for hydroxylation is 1. The molecule has 0 atom stereocenters. The molecule has 1 aromatic rings. The van der Waals surface area contributed by atoms with Gasteiger partial charge in [-0.1, -0.05) is 0 Å². The molecule has 5 heteroatoms. The van der Waals surface area contributed by atoms with Crippen molar-refractivity contribution in [1.29, 1.82) is 0 Å². The molecule has 0 aliphatic rings. The summed E-state index contributed by atoms with van der Waals surface area (Å²) in [6, 6.07) is 1.17. The largest absolute Gasteiger partial charge is 0.493 e. The van der Waals surface area contributed by atoms with E-state index in [9.17, 15) is 9.59 Å². The monoisotopic (exact) mass is 197 g/mol. The van der Waals surface area contributed by atoms with Crippen LogP contribution in [0.5, 0.6) is 5.75 Å². The lowest BCUT2D eigenvalue weighted by molar-refractivity contribution is 0.0691. The van der Waals surface area contributed by atoms with E-state index in [4.69, 9.17) is 9.84 Å². The van der Waals surface area contributed by atoms with Crippen molar-refractivity contribution in [3.05, 3.63) is 28.2 Å². The molecule has 5 nitrogen and oxygen atoms in total. The van der Waals surface area contributed by atoms with Crippen LogP contribution in [-0.4, -0.2) is 22.2 Å². The smallest absolute Gasteiger partial charge is 0.340 e. The second kappa shape index (κ2) is 3.95. The molecule has 0 radical (unpaired) electrons. The van der Waals surface area contributed by atoms with Gasteiger partial charge in [-0.2, -0.15) is 0 Å². The number of hydrogen-bond donors (Lipinski definition) is 1. The molecule has 1 N–H and O–H groups in total. The highest BCUT2D eigenvalue weighted by molar-refractivity contribution is 5.90. The molecule has 0 aliphatic heterocycles. The number of aromatic carboxylic acids is 1. The molecule has 0 fully saturated rings. The third-order valence-corrected chi connectivity index (χ3v) is 1.72. The highest BCUT2D eigenvalue weighted by atomic mass is 16.5. The maximum Gasteiger partial charge on any atom is 0.340 e. The molecule has 0 unspecified atom stereocenters. The third-order valence-electron chi connectivity index (χ3n) is 1.72. The fraction of sp³-hybridized carbons (Fsp3) is 0.333. The van der Waals surface area contributed by atoms with Gasteiger partial charge >= 0.3 is 5.97 Å². The van der Waals surface area contributed by atoms with Gasteiger partial charge in [-0.25, -0.2) is 4.79 Å². The average Bonchev–Trinajstić information content (AvgIpc) is 2.11. The SMILES string of the molecule is CCOc1cc(=O)n(C)cc1C(=O)O. The number of nitrogens with zero attached hydrogens (tertiary/aromatic N) is 1. The van der Waals surface area contributed by atoms with Crippen LogP contribution < -0.4 is 10.3 Å². The average molecular weight is 197 g/mol. The summed E-state index contributed by atoms with van der Waals surface area (Å²) in [6.45, 7) is 2.05. The first-order valence-corrected chi connectivity index (χ1v) is 4.13. The molecule has 0 saturated carbocycles. The van der Waals surface area contributed by atoms with E-state index in [2.05, 4.69) is 0 Å². The lowest BCUT2D eigenvalue weighted by Crippen LogP contribution is -2.18. The van der Waals surface area contributed by atoms with Crippen LogP contribution >= 0.6 is 0 Å². The fourth-order valence-electron chi connectivity index (χ4n) is 1.05. The van der Waals surface area contributed by atoms with Crippen LogP contribution in [0.2, 0.25) is 0 Å². The highest BCUT2D eigenvalue weighted by Gasteiger charge is 2.12. The molecule has 14 heavy (non-hydrogen) atoms. The Bertz CT molecular complexity index is 408. The van der Waals surface area contributed by atoms with Crippen molar-refractivity contribution in [2.75, 3.05) is 6.61 Å². The summed E-state index contributed by atoms with van der Waals surface area (Å²) in [7, 11) is 1.49. The molecule has 0 amide bonds. The van der Waals surface area contributed by atoms with E-state index in [-0.39, 0.29) is 16.9 Å². The van der Waals surface area contributed by atoms with Crippen LogP contribution in [0.3, 0.4) is 0 Å². The first-order chi connectivity index (χ1) is 6.56. The second-order valence-electron chi connectivity index (χ2n) is 2.74. The Kier molecular flexibility index (Phi) is 2.91. The van der Waals surface area contributed by atoms with Gasteiger partial charge in [-0.05, 0) is 6.92 Å². The van der Waals surface area contributed by atoms with E-state index in [0.717, 1.165) is 0 Å². The normalized spacial score (nSPS) is 9.86. The number of rotatable bonds is 3. The Morgan fingerprint density at radius 1 is 1.64 bits per heavy atom. The van der Waals surface area contributed by atoms with E-state index in [1.165, 1.54) is 23.9 Å². The van der Waals surface area contributed by atoms with Gasteiger partial charge in [-0.15, -0.1) is 0 Å². The molecular formula is C9H11NO4. The minimum atomic E-state index is -1.11. The summed E-state index contributed by atoms with van der Waals surface area (Å²) >= 11 is 0. The van der Waals surface area contributed by atoms with E-state index < -0.39 is 5.97 Å². The maximum atomic E-state index is 11.2. The van der Waals surface area contributed by atoms with Crippen molar-refractivity contribution in [1.82, 2.24) is 4.57 Å². The van der Waals surface area contributed by atoms with Gasteiger partial charge in [0.05, 0.1) is 6.61 Å². The maximum absolute atomic E-state index is 11.2. The predicted molar refractivity (Wildman–Crippen MR) is 49.8 cm³/mol. The van der Waals surface area contributed by atoms with E-state index in [1.807, 2.05) is 0 Å². The zero-order chi connectivity index (χ0) is 10.7. The first kappa shape index (κ1) is 10.3. The van der Waals surface area contributed by atoms with E-state index in [0.29, 0.717) is 6.61 Å². The van der Waals surface area contributed by atoms with Gasteiger partial charge in [0.1, 0.15) is 11.3 Å². The quantitative estimate of drug-likeness (QED) is 0.765. The summed E-state index contributed by atoms with van der Waals surface area (Å²) in [5.41, 5.74) is -0.299. The number of aromatic nitrogens is 1. The van der Waals surface area contributed by atoms with E-state index in [1.54, 1.807) is 6.92 Å². The summed E-state index contributed by atoms with van der Waals surface area (Å²) in [5.74, 6) is -0.993. The van der Waals surface area contributed by atoms with Crippen LogP contribution in [0.25, 0.3) is 0 Å². The number of carbonyl (C=O) groups is 1. The fourth-order valence-corrected chi connectivity index (χ4v) is 1.05. The molecular weight excluding hydrogens is 186 g/mol. The predicted octanol–water partition coefficient (Wildman–Crippen LogP) is 0.482. The minimum absolute atomic E-state index is 0.00560. The van der Waals surface area contributed by atoms with Crippen molar-refractivity contribution in [3.8, 4) is 5.75 Å². The van der Waals surface area contributed by atoms with Gasteiger partial charge in [0.25, 0.3) is 5.56 Å². The number of pyridine rings is 1. The van der Waals surface area contributed by atoms with Gasteiger partial charge in [0.15, 0.2) is 0 Å². The Morgan fingerprint density at radius 3 is 2.79 bits per heavy atom. The molecule has 0 aromatic carbocycles. The lowest BCUT2D eigenvalue weighted by Gasteiger charge is -2.07. The first-order valence-electron chi connectivity index (χ1n) is 4.13. The highest BCUT2D eigenvalue weighted by Crippen LogP contribution is 2.14. The van der Waals surface area contributed by atoms with Crippen molar-refractivity contribution < 1.29 is 14.6 Å². The van der Waals surface area contributed by atoms with E-state index >= 15 is 0 Å². The molecule has 1 heterocycles. The zero-order valence-corrected chi connectivity index (χ0v) is 7.98. The summed E-state index contributed by atoms with van der Waals surface area (Å²) < 4.78 is 6.24. The third kappa shape index (κ3) is 1.93. The molecule has 1 rings (SSSR count). The Morgan fingerprint density at radius 2 is 2.29 bits per heavy atom. The standard InChI is InChI=1S/C9H11NO4/c1-3-14-7-4-8(11)10(2)5-6(7)9(12)13/h4-5H,3H2,1-2H3,(H,12,13). The van der Waals surface area contributed by atoms with Crippen LogP contribution in [0, 0.1) is 0 Å². The summed E-state index contributed by atoms with van der Waals surface area (Å²) in [5, 5.41) is 8.81. The zero-order valence-electron chi connectivity index (χ0n) is 7.98. The van der Waals surface area contributed by atoms with Gasteiger partial charge < -0.3 is 14.4 Å². The molecule has 0 saturated heterocycles. The topological polar surface area (TPSA) is 68.5 Å². The van der Waals surface area contributed by atoms with Crippen LogP contribution in [-0.2, 0) is 7.05 Å². The molecule has 0 bridgehead atoms. The van der Waals surface area contributed by atoms with Crippen LogP contribution in [0.1, 0.15) is 17.3 Å². The Balaban J connectivity index is 3.31. The van der Waals surface area contributed by atoms with Gasteiger partial charge in [-0.3, -0.25) is 4.79 Å². The van der Waals surface area contributed by atoms with Gasteiger partial charge in [0.2, 0.25) is 0 Å². The molecule has 1 aromatic heterocycles.